The summed E-state index contributed by atoms with van der Waals surface area (Å²) in [5.74, 6) is -0.948. The van der Waals surface area contributed by atoms with E-state index in [1.807, 2.05) is 25.1 Å². The number of rotatable bonds is 3. The van der Waals surface area contributed by atoms with Crippen LogP contribution in [0, 0.1) is 12.7 Å². The fourth-order valence-corrected chi connectivity index (χ4v) is 3.14. The Kier molecular flexibility index (Phi) is 3.99. The second kappa shape index (κ2) is 6.35. The number of anilines is 1. The van der Waals surface area contributed by atoms with E-state index in [0.29, 0.717) is 10.9 Å². The van der Waals surface area contributed by atoms with Crippen molar-refractivity contribution in [3.8, 4) is 0 Å². The number of aromatic nitrogens is 3. The molecule has 27 heavy (non-hydrogen) atoms. The summed E-state index contributed by atoms with van der Waals surface area (Å²) < 4.78 is 15.0. The fraction of sp³-hybridized carbons (Fsp3) is 0.150. The molecule has 6 nitrogen and oxygen atoms in total. The van der Waals surface area contributed by atoms with Gasteiger partial charge in [0, 0.05) is 23.3 Å². The highest BCUT2D eigenvalue weighted by atomic mass is 19.1. The van der Waals surface area contributed by atoms with Gasteiger partial charge in [-0.25, -0.2) is 9.07 Å². The van der Waals surface area contributed by atoms with Gasteiger partial charge in [-0.1, -0.05) is 23.8 Å². The number of benzene rings is 2. The third kappa shape index (κ3) is 2.87. The van der Waals surface area contributed by atoms with E-state index in [9.17, 15) is 14.0 Å². The van der Waals surface area contributed by atoms with E-state index in [4.69, 9.17) is 0 Å². The second-order valence-corrected chi connectivity index (χ2v) is 6.47. The number of amides is 1. The number of H-pyrrole nitrogens is 1. The highest BCUT2D eigenvalue weighted by Gasteiger charge is 2.17. The Morgan fingerprint density at radius 1 is 1.22 bits per heavy atom. The first-order valence-electron chi connectivity index (χ1n) is 8.45. The number of nitrogens with one attached hydrogen (secondary N) is 1. The SMILES string of the molecule is Cc1ccc2[nH]c3c(=O)n(CC(=O)N(C)c4ccccc4F)ncc3c2c1. The van der Waals surface area contributed by atoms with Crippen molar-refractivity contribution in [1.82, 2.24) is 14.8 Å². The van der Waals surface area contributed by atoms with Crippen molar-refractivity contribution in [3.63, 3.8) is 0 Å². The molecule has 4 rings (SSSR count). The number of aryl methyl sites for hydroxylation is 1. The van der Waals surface area contributed by atoms with Crippen molar-refractivity contribution >= 4 is 33.4 Å². The molecule has 0 saturated carbocycles. The molecule has 1 N–H and O–H groups in total. The number of carbonyl (C=O) groups excluding carboxylic acids is 1. The number of hydrogen-bond donors (Lipinski definition) is 1. The summed E-state index contributed by atoms with van der Waals surface area (Å²) >= 11 is 0. The third-order valence-electron chi connectivity index (χ3n) is 4.64. The molecule has 0 bridgehead atoms. The van der Waals surface area contributed by atoms with Gasteiger partial charge in [0.1, 0.15) is 17.9 Å². The molecule has 0 aliphatic rings. The lowest BCUT2D eigenvalue weighted by Crippen LogP contribution is -2.35. The normalized spacial score (nSPS) is 11.2. The maximum atomic E-state index is 13.9. The summed E-state index contributed by atoms with van der Waals surface area (Å²) in [5, 5.41) is 5.77. The Labute approximate surface area is 153 Å². The summed E-state index contributed by atoms with van der Waals surface area (Å²) in [5.41, 5.74) is 2.07. The van der Waals surface area contributed by atoms with Crippen LogP contribution in [-0.4, -0.2) is 27.7 Å². The van der Waals surface area contributed by atoms with E-state index < -0.39 is 17.3 Å². The minimum Gasteiger partial charge on any atom is -0.350 e. The molecule has 136 valence electrons. The fourth-order valence-electron chi connectivity index (χ4n) is 3.14. The van der Waals surface area contributed by atoms with Gasteiger partial charge in [0.2, 0.25) is 5.91 Å². The molecule has 4 aromatic rings. The zero-order valence-corrected chi connectivity index (χ0v) is 14.9. The zero-order chi connectivity index (χ0) is 19.1. The summed E-state index contributed by atoms with van der Waals surface area (Å²) in [6.07, 6.45) is 1.57. The van der Waals surface area contributed by atoms with E-state index in [-0.39, 0.29) is 12.2 Å². The van der Waals surface area contributed by atoms with Crippen molar-refractivity contribution in [2.75, 3.05) is 11.9 Å². The van der Waals surface area contributed by atoms with Crippen molar-refractivity contribution in [2.45, 2.75) is 13.5 Å². The molecular formula is C20H17FN4O2. The molecule has 0 saturated heterocycles. The van der Waals surface area contributed by atoms with Gasteiger partial charge in [-0.05, 0) is 31.2 Å². The molecule has 0 fully saturated rings. The Bertz CT molecular complexity index is 1240. The Balaban J connectivity index is 1.71. The van der Waals surface area contributed by atoms with Gasteiger partial charge in [0.25, 0.3) is 5.56 Å². The van der Waals surface area contributed by atoms with E-state index >= 15 is 0 Å². The van der Waals surface area contributed by atoms with E-state index in [1.165, 1.54) is 24.1 Å². The molecule has 0 radical (unpaired) electrons. The predicted octanol–water partition coefficient (Wildman–Crippen LogP) is 2.99. The van der Waals surface area contributed by atoms with Gasteiger partial charge in [0.15, 0.2) is 0 Å². The Hall–Kier alpha value is -3.48. The lowest BCUT2D eigenvalue weighted by molar-refractivity contribution is -0.119. The van der Waals surface area contributed by atoms with Crippen LogP contribution in [0.1, 0.15) is 5.56 Å². The number of nitrogens with zero attached hydrogens (tertiary/aromatic N) is 3. The molecule has 0 spiro atoms. The first-order valence-corrected chi connectivity index (χ1v) is 8.45. The minimum atomic E-state index is -0.505. The average molecular weight is 364 g/mol. The molecule has 7 heteroatoms. The van der Waals surface area contributed by atoms with Crippen LogP contribution in [0.5, 0.6) is 0 Å². The highest BCUT2D eigenvalue weighted by molar-refractivity contribution is 6.06. The summed E-state index contributed by atoms with van der Waals surface area (Å²) in [6.45, 7) is 1.69. The van der Waals surface area contributed by atoms with Crippen LogP contribution in [-0.2, 0) is 11.3 Å². The first-order chi connectivity index (χ1) is 13.0. The van der Waals surface area contributed by atoms with Crippen molar-refractivity contribution in [2.24, 2.45) is 0 Å². The van der Waals surface area contributed by atoms with Gasteiger partial charge in [-0.3, -0.25) is 9.59 Å². The average Bonchev–Trinajstić information content (AvgIpc) is 3.02. The standard InChI is InChI=1S/C20H17FN4O2/c1-12-7-8-16-13(9-12)14-10-22-25(20(27)19(14)23-16)11-18(26)24(2)17-6-4-3-5-15(17)21/h3-10,23H,11H2,1-2H3. The lowest BCUT2D eigenvalue weighted by Gasteiger charge is -2.18. The third-order valence-corrected chi connectivity index (χ3v) is 4.64. The van der Waals surface area contributed by atoms with E-state index in [2.05, 4.69) is 10.1 Å². The molecule has 1 amide bonds. The number of likely N-dealkylation sites (N-methyl/N-ethyl adjacent to an activating group) is 1. The Morgan fingerprint density at radius 2 is 2.00 bits per heavy atom. The number of fused-ring (bicyclic) bond motifs is 3. The Morgan fingerprint density at radius 3 is 2.78 bits per heavy atom. The van der Waals surface area contributed by atoms with Crippen LogP contribution in [0.4, 0.5) is 10.1 Å². The predicted molar refractivity (Wildman–Crippen MR) is 102 cm³/mol. The monoisotopic (exact) mass is 364 g/mol. The molecule has 0 aliphatic carbocycles. The molecule has 2 aromatic carbocycles. The smallest absolute Gasteiger partial charge is 0.291 e. The maximum Gasteiger partial charge on any atom is 0.291 e. The summed E-state index contributed by atoms with van der Waals surface area (Å²) in [7, 11) is 1.47. The van der Waals surface area contributed by atoms with Crippen LogP contribution < -0.4 is 10.5 Å². The number of halogens is 1. The topological polar surface area (TPSA) is 71.0 Å². The van der Waals surface area contributed by atoms with Gasteiger partial charge >= 0.3 is 0 Å². The number of para-hydroxylation sites is 1. The van der Waals surface area contributed by atoms with Gasteiger partial charge < -0.3 is 9.88 Å². The van der Waals surface area contributed by atoms with E-state index in [1.54, 1.807) is 18.3 Å². The highest BCUT2D eigenvalue weighted by Crippen LogP contribution is 2.23. The number of hydrogen-bond acceptors (Lipinski definition) is 3. The van der Waals surface area contributed by atoms with Crippen molar-refractivity contribution in [1.29, 1.82) is 0 Å². The van der Waals surface area contributed by atoms with E-state index in [0.717, 1.165) is 21.1 Å². The number of aromatic amines is 1. The molecule has 0 atom stereocenters. The second-order valence-electron chi connectivity index (χ2n) is 6.47. The first kappa shape index (κ1) is 17.0. The molecule has 0 aliphatic heterocycles. The van der Waals surface area contributed by atoms with Crippen LogP contribution in [0.15, 0.2) is 53.5 Å². The van der Waals surface area contributed by atoms with Gasteiger partial charge in [-0.15, -0.1) is 0 Å². The minimum absolute atomic E-state index is 0.151. The molecular weight excluding hydrogens is 347 g/mol. The van der Waals surface area contributed by atoms with Crippen LogP contribution >= 0.6 is 0 Å². The quantitative estimate of drug-likeness (QED) is 0.607. The zero-order valence-electron chi connectivity index (χ0n) is 14.9. The molecule has 0 unspecified atom stereocenters. The summed E-state index contributed by atoms with van der Waals surface area (Å²) in [4.78, 5) is 29.6. The molecule has 2 aromatic heterocycles. The van der Waals surface area contributed by atoms with Gasteiger partial charge in [0.05, 0.1) is 11.9 Å². The van der Waals surface area contributed by atoms with Gasteiger partial charge in [-0.2, -0.15) is 5.10 Å². The lowest BCUT2D eigenvalue weighted by atomic mass is 10.1. The largest absolute Gasteiger partial charge is 0.350 e. The molecule has 2 heterocycles. The summed E-state index contributed by atoms with van der Waals surface area (Å²) in [6, 6.07) is 11.8. The van der Waals surface area contributed by atoms with Crippen molar-refractivity contribution in [3.05, 3.63) is 70.4 Å². The number of carbonyl (C=O) groups is 1. The maximum absolute atomic E-state index is 13.9. The van der Waals surface area contributed by atoms with Crippen LogP contribution in [0.25, 0.3) is 21.8 Å². The van der Waals surface area contributed by atoms with Crippen molar-refractivity contribution < 1.29 is 9.18 Å². The van der Waals surface area contributed by atoms with Crippen LogP contribution in [0.3, 0.4) is 0 Å². The van der Waals surface area contributed by atoms with Crippen LogP contribution in [0.2, 0.25) is 0 Å².